The number of nitrogens with one attached hydrogen (secondary N) is 2. The van der Waals surface area contributed by atoms with E-state index in [9.17, 15) is 9.50 Å². The van der Waals surface area contributed by atoms with Crippen LogP contribution in [0.25, 0.3) is 11.1 Å². The smallest absolute Gasteiger partial charge is 0.245 e. The minimum Gasteiger partial charge on any atom is -0.507 e. The Labute approximate surface area is 217 Å². The number of hydrogen-bond donors (Lipinski definition) is 3. The van der Waals surface area contributed by atoms with E-state index in [0.717, 1.165) is 23.1 Å². The molecule has 1 saturated heterocycles. The number of anilines is 4. The van der Waals surface area contributed by atoms with Crippen LogP contribution in [-0.2, 0) is 4.74 Å². The molecule has 0 spiro atoms. The summed E-state index contributed by atoms with van der Waals surface area (Å²) in [5.74, 6) is 0.0846. The normalized spacial score (nSPS) is 13.6. The third-order valence-electron chi connectivity index (χ3n) is 5.59. The van der Waals surface area contributed by atoms with Gasteiger partial charge in [0.15, 0.2) is 11.6 Å². The molecule has 1 aliphatic rings. The van der Waals surface area contributed by atoms with E-state index in [1.165, 1.54) is 6.21 Å². The third-order valence-corrected chi connectivity index (χ3v) is 5.80. The second-order valence-electron chi connectivity index (χ2n) is 8.18. The van der Waals surface area contributed by atoms with Gasteiger partial charge in [0.2, 0.25) is 5.95 Å². The number of phenolic OH excluding ortho intramolecular Hbond substituents is 1. The van der Waals surface area contributed by atoms with E-state index in [1.54, 1.807) is 36.5 Å². The van der Waals surface area contributed by atoms with Crippen LogP contribution in [0.1, 0.15) is 5.69 Å². The van der Waals surface area contributed by atoms with Crippen LogP contribution in [0, 0.1) is 5.82 Å². The maximum Gasteiger partial charge on any atom is 0.245 e. The lowest BCUT2D eigenvalue weighted by molar-refractivity contribution is 0.122. The van der Waals surface area contributed by atoms with E-state index >= 15 is 0 Å². The molecule has 0 unspecified atom stereocenters. The maximum atomic E-state index is 14.2. The third kappa shape index (κ3) is 6.11. The molecule has 2 aromatic heterocycles. The second kappa shape index (κ2) is 11.2. The summed E-state index contributed by atoms with van der Waals surface area (Å²) in [6.07, 6.45) is 4.29. The zero-order chi connectivity index (χ0) is 25.6. The number of ether oxygens (including phenoxy) is 1. The first-order valence-corrected chi connectivity index (χ1v) is 11.9. The number of halogens is 2. The number of aromatic hydroxyl groups is 1. The molecule has 4 aromatic rings. The van der Waals surface area contributed by atoms with Crippen LogP contribution in [0.15, 0.2) is 72.1 Å². The lowest BCUT2D eigenvalue weighted by Crippen LogP contribution is -2.37. The van der Waals surface area contributed by atoms with Crippen LogP contribution in [0.5, 0.6) is 5.75 Å². The van der Waals surface area contributed by atoms with Gasteiger partial charge in [-0.25, -0.2) is 14.8 Å². The number of nitrogens with zero attached hydrogens (tertiary/aromatic N) is 5. The van der Waals surface area contributed by atoms with Crippen molar-refractivity contribution in [2.75, 3.05) is 41.9 Å². The molecule has 11 heteroatoms. The van der Waals surface area contributed by atoms with Crippen LogP contribution < -0.4 is 15.6 Å². The van der Waals surface area contributed by atoms with Gasteiger partial charge in [0.1, 0.15) is 5.75 Å². The summed E-state index contributed by atoms with van der Waals surface area (Å²) in [7, 11) is 0. The molecule has 0 bridgehead atoms. The molecular weight excluding hydrogens is 497 g/mol. The molecule has 1 fully saturated rings. The number of morpholine rings is 1. The molecule has 0 amide bonds. The van der Waals surface area contributed by atoms with E-state index < -0.39 is 5.82 Å². The number of hydrogen-bond acceptors (Lipinski definition) is 9. The number of aromatic nitrogens is 3. The highest BCUT2D eigenvalue weighted by atomic mass is 35.5. The molecular formula is C26H23ClFN7O2. The molecule has 2 aromatic carbocycles. The summed E-state index contributed by atoms with van der Waals surface area (Å²) in [6.45, 7) is 2.17. The number of para-hydroxylation sites is 1. The first kappa shape index (κ1) is 24.4. The average molecular weight is 520 g/mol. The van der Waals surface area contributed by atoms with Crippen molar-refractivity contribution in [2.24, 2.45) is 5.10 Å². The first-order valence-electron chi connectivity index (χ1n) is 11.5. The van der Waals surface area contributed by atoms with Crippen molar-refractivity contribution in [3.05, 3.63) is 83.5 Å². The van der Waals surface area contributed by atoms with Gasteiger partial charge in [0, 0.05) is 29.4 Å². The fourth-order valence-corrected chi connectivity index (χ4v) is 4.06. The Bertz CT molecular complexity index is 1410. The van der Waals surface area contributed by atoms with E-state index in [4.69, 9.17) is 16.3 Å². The van der Waals surface area contributed by atoms with Crippen molar-refractivity contribution in [1.82, 2.24) is 15.0 Å². The largest absolute Gasteiger partial charge is 0.507 e. The van der Waals surface area contributed by atoms with Gasteiger partial charge in [0.25, 0.3) is 0 Å². The Morgan fingerprint density at radius 1 is 1.03 bits per heavy atom. The van der Waals surface area contributed by atoms with Crippen molar-refractivity contribution in [1.29, 1.82) is 0 Å². The SMILES string of the molecule is Oc1ccccc1-c1cc(Cl)cc(Nc2ccc(/C=N/Nc3ncc(F)c(N4CCOCC4)n3)nc2)c1. The molecule has 3 N–H and O–H groups in total. The van der Waals surface area contributed by atoms with E-state index in [1.807, 2.05) is 29.2 Å². The summed E-state index contributed by atoms with van der Waals surface area (Å²) in [6, 6.07) is 16.2. The minimum atomic E-state index is -0.492. The minimum absolute atomic E-state index is 0.179. The molecule has 5 rings (SSSR count). The van der Waals surface area contributed by atoms with Crippen molar-refractivity contribution >= 4 is 41.0 Å². The molecule has 0 atom stereocenters. The molecule has 9 nitrogen and oxygen atoms in total. The van der Waals surface area contributed by atoms with Crippen LogP contribution in [0.4, 0.5) is 27.5 Å². The predicted molar refractivity (Wildman–Crippen MR) is 142 cm³/mol. The molecule has 37 heavy (non-hydrogen) atoms. The predicted octanol–water partition coefficient (Wildman–Crippen LogP) is 5.06. The van der Waals surface area contributed by atoms with E-state index in [2.05, 4.69) is 30.8 Å². The average Bonchev–Trinajstić information content (AvgIpc) is 2.91. The fourth-order valence-electron chi connectivity index (χ4n) is 3.82. The summed E-state index contributed by atoms with van der Waals surface area (Å²) in [4.78, 5) is 14.4. The van der Waals surface area contributed by atoms with Gasteiger partial charge in [-0.15, -0.1) is 0 Å². The fraction of sp³-hybridized carbons (Fsp3) is 0.154. The lowest BCUT2D eigenvalue weighted by atomic mass is 10.0. The Balaban J connectivity index is 1.23. The summed E-state index contributed by atoms with van der Waals surface area (Å²) in [5.41, 5.74) is 6.28. The number of benzene rings is 2. The van der Waals surface area contributed by atoms with Gasteiger partial charge >= 0.3 is 0 Å². The van der Waals surface area contributed by atoms with Crippen molar-refractivity contribution in [2.45, 2.75) is 0 Å². The molecule has 0 saturated carbocycles. The maximum absolute atomic E-state index is 14.2. The zero-order valence-electron chi connectivity index (χ0n) is 19.6. The van der Waals surface area contributed by atoms with Gasteiger partial charge in [-0.3, -0.25) is 4.98 Å². The molecule has 3 heterocycles. The van der Waals surface area contributed by atoms with Crippen molar-refractivity contribution < 1.29 is 14.2 Å². The highest BCUT2D eigenvalue weighted by molar-refractivity contribution is 6.31. The number of hydrazone groups is 1. The molecule has 0 aliphatic carbocycles. The van der Waals surface area contributed by atoms with Crippen LogP contribution in [0.3, 0.4) is 0 Å². The monoisotopic (exact) mass is 519 g/mol. The highest BCUT2D eigenvalue weighted by Gasteiger charge is 2.17. The van der Waals surface area contributed by atoms with Crippen LogP contribution in [-0.4, -0.2) is 52.6 Å². The van der Waals surface area contributed by atoms with E-state index in [0.29, 0.717) is 42.6 Å². The van der Waals surface area contributed by atoms with Gasteiger partial charge < -0.3 is 20.1 Å². The van der Waals surface area contributed by atoms with Gasteiger partial charge in [0.05, 0.1) is 43.2 Å². The van der Waals surface area contributed by atoms with Crippen molar-refractivity contribution in [3.8, 4) is 16.9 Å². The number of phenols is 1. The van der Waals surface area contributed by atoms with Gasteiger partial charge in [-0.05, 0) is 42.0 Å². The molecule has 188 valence electrons. The Kier molecular flexibility index (Phi) is 7.38. The zero-order valence-corrected chi connectivity index (χ0v) is 20.4. The summed E-state index contributed by atoms with van der Waals surface area (Å²) in [5, 5.41) is 18.1. The van der Waals surface area contributed by atoms with Crippen LogP contribution >= 0.6 is 11.6 Å². The Morgan fingerprint density at radius 3 is 2.65 bits per heavy atom. The van der Waals surface area contributed by atoms with Crippen LogP contribution in [0.2, 0.25) is 5.02 Å². The molecule has 0 radical (unpaired) electrons. The first-order chi connectivity index (χ1) is 18.0. The van der Waals surface area contributed by atoms with Gasteiger partial charge in [-0.2, -0.15) is 10.1 Å². The summed E-state index contributed by atoms with van der Waals surface area (Å²) >= 11 is 6.31. The topological polar surface area (TPSA) is 108 Å². The summed E-state index contributed by atoms with van der Waals surface area (Å²) < 4.78 is 19.5. The Morgan fingerprint density at radius 2 is 1.86 bits per heavy atom. The van der Waals surface area contributed by atoms with E-state index in [-0.39, 0.29) is 17.5 Å². The standard InChI is InChI=1S/C26H23ClFN7O2/c27-18-11-17(22-3-1-2-4-24(22)36)12-21(13-18)32-20-6-5-19(29-14-20)15-31-34-26-30-16-23(28)25(33-26)35-7-9-37-10-8-35/h1-6,11-16,32,36H,7-10H2,(H,30,33,34)/b31-15+. The lowest BCUT2D eigenvalue weighted by Gasteiger charge is -2.27. The Hall–Kier alpha value is -4.28. The highest BCUT2D eigenvalue weighted by Crippen LogP contribution is 2.33. The number of pyridine rings is 1. The molecule has 1 aliphatic heterocycles. The quantitative estimate of drug-likeness (QED) is 0.230. The second-order valence-corrected chi connectivity index (χ2v) is 8.61. The number of rotatable bonds is 7. The van der Waals surface area contributed by atoms with Gasteiger partial charge in [-0.1, -0.05) is 29.8 Å². The van der Waals surface area contributed by atoms with Crippen molar-refractivity contribution in [3.63, 3.8) is 0 Å².